The van der Waals surface area contributed by atoms with Gasteiger partial charge in [-0.2, -0.15) is 0 Å². The van der Waals surface area contributed by atoms with Gasteiger partial charge in [-0.1, -0.05) is 13.8 Å². The molecule has 1 amide bonds. The molecule has 22 heavy (non-hydrogen) atoms. The summed E-state index contributed by atoms with van der Waals surface area (Å²) in [5.41, 5.74) is -0.545. The molecule has 0 bridgehead atoms. The van der Waals surface area contributed by atoms with Crippen LogP contribution in [0.25, 0.3) is 0 Å². The van der Waals surface area contributed by atoms with Crippen LogP contribution in [0.5, 0.6) is 0 Å². The molecule has 2 unspecified atom stereocenters. The van der Waals surface area contributed by atoms with Gasteiger partial charge in [0.1, 0.15) is 5.60 Å². The zero-order valence-electron chi connectivity index (χ0n) is 14.6. The molecule has 1 aliphatic heterocycles. The zero-order chi connectivity index (χ0) is 16.9. The van der Waals surface area contributed by atoms with Crippen LogP contribution in [0.2, 0.25) is 0 Å². The van der Waals surface area contributed by atoms with E-state index in [4.69, 9.17) is 9.47 Å². The van der Waals surface area contributed by atoms with Crippen LogP contribution < -0.4 is 5.32 Å². The van der Waals surface area contributed by atoms with Crippen LogP contribution >= 0.6 is 0 Å². The molecule has 0 saturated carbocycles. The fourth-order valence-corrected chi connectivity index (χ4v) is 2.46. The number of piperidine rings is 1. The summed E-state index contributed by atoms with van der Waals surface area (Å²) >= 11 is 0. The van der Waals surface area contributed by atoms with E-state index in [1.807, 2.05) is 20.8 Å². The predicted octanol–water partition coefficient (Wildman–Crippen LogP) is 2.03. The standard InChI is InChI=1S/C16H30N2O4/c1-11(2)8-17-13-7-12(14(19)21-6)9-18(10-13)15(20)22-16(3,4)5/h11-13,17H,7-10H2,1-6H3. The maximum atomic E-state index is 12.3. The first-order chi connectivity index (χ1) is 10.1. The molecule has 1 aliphatic rings. The summed E-state index contributed by atoms with van der Waals surface area (Å²) in [5.74, 6) is -0.0750. The molecule has 1 fully saturated rings. The van der Waals surface area contributed by atoms with Gasteiger partial charge in [-0.15, -0.1) is 0 Å². The molecule has 1 N–H and O–H groups in total. The highest BCUT2D eigenvalue weighted by Crippen LogP contribution is 2.21. The van der Waals surface area contributed by atoms with Gasteiger partial charge in [0.2, 0.25) is 0 Å². The number of methoxy groups -OCH3 is 1. The van der Waals surface area contributed by atoms with Gasteiger partial charge in [0.05, 0.1) is 13.0 Å². The van der Waals surface area contributed by atoms with Gasteiger partial charge in [0.15, 0.2) is 0 Å². The Balaban J connectivity index is 2.74. The van der Waals surface area contributed by atoms with E-state index in [2.05, 4.69) is 19.2 Å². The van der Waals surface area contributed by atoms with Crippen molar-refractivity contribution < 1.29 is 19.1 Å². The van der Waals surface area contributed by atoms with Gasteiger partial charge >= 0.3 is 12.1 Å². The highest BCUT2D eigenvalue weighted by atomic mass is 16.6. The van der Waals surface area contributed by atoms with E-state index in [0.29, 0.717) is 25.4 Å². The van der Waals surface area contributed by atoms with E-state index < -0.39 is 5.60 Å². The third-order valence-corrected chi connectivity index (χ3v) is 3.45. The highest BCUT2D eigenvalue weighted by molar-refractivity contribution is 5.75. The van der Waals surface area contributed by atoms with Crippen molar-refractivity contribution in [2.75, 3.05) is 26.7 Å². The van der Waals surface area contributed by atoms with Crippen molar-refractivity contribution >= 4 is 12.1 Å². The van der Waals surface area contributed by atoms with E-state index in [-0.39, 0.29) is 24.0 Å². The van der Waals surface area contributed by atoms with Gasteiger partial charge < -0.3 is 19.7 Å². The Morgan fingerprint density at radius 3 is 2.41 bits per heavy atom. The Labute approximate surface area is 133 Å². The molecule has 0 aromatic carbocycles. The van der Waals surface area contributed by atoms with E-state index in [1.165, 1.54) is 7.11 Å². The third kappa shape index (κ3) is 6.22. The maximum Gasteiger partial charge on any atom is 0.410 e. The summed E-state index contributed by atoms with van der Waals surface area (Å²) in [6.45, 7) is 11.5. The van der Waals surface area contributed by atoms with E-state index >= 15 is 0 Å². The predicted molar refractivity (Wildman–Crippen MR) is 84.6 cm³/mol. The lowest BCUT2D eigenvalue weighted by atomic mass is 9.94. The summed E-state index contributed by atoms with van der Waals surface area (Å²) in [6.07, 6.45) is 0.302. The van der Waals surface area contributed by atoms with Gasteiger partial charge in [0, 0.05) is 19.1 Å². The monoisotopic (exact) mass is 314 g/mol. The van der Waals surface area contributed by atoms with Crippen molar-refractivity contribution in [3.8, 4) is 0 Å². The highest BCUT2D eigenvalue weighted by Gasteiger charge is 2.36. The van der Waals surface area contributed by atoms with E-state index in [0.717, 1.165) is 6.54 Å². The van der Waals surface area contributed by atoms with Crippen LogP contribution in [0.15, 0.2) is 0 Å². The molecule has 0 radical (unpaired) electrons. The number of rotatable bonds is 4. The third-order valence-electron chi connectivity index (χ3n) is 3.45. The molecule has 6 nitrogen and oxygen atoms in total. The minimum atomic E-state index is -0.545. The smallest absolute Gasteiger partial charge is 0.410 e. The largest absolute Gasteiger partial charge is 0.469 e. The Bertz CT molecular complexity index is 390. The number of hydrogen-bond acceptors (Lipinski definition) is 5. The first kappa shape index (κ1) is 18.7. The number of nitrogens with zero attached hydrogens (tertiary/aromatic N) is 1. The summed E-state index contributed by atoms with van der Waals surface area (Å²) in [6, 6.07) is 0.0766. The Hall–Kier alpha value is -1.30. The SMILES string of the molecule is COC(=O)C1CC(NCC(C)C)CN(C(=O)OC(C)(C)C)C1. The van der Waals surface area contributed by atoms with Gasteiger partial charge in [0.25, 0.3) is 0 Å². The number of carbonyl (C=O) groups is 2. The van der Waals surface area contributed by atoms with Crippen LogP contribution in [0.4, 0.5) is 4.79 Å². The maximum absolute atomic E-state index is 12.3. The van der Waals surface area contributed by atoms with Crippen molar-refractivity contribution in [1.82, 2.24) is 10.2 Å². The van der Waals surface area contributed by atoms with Gasteiger partial charge in [-0.25, -0.2) is 4.79 Å². The van der Waals surface area contributed by atoms with Crippen LogP contribution in [-0.4, -0.2) is 55.3 Å². The van der Waals surface area contributed by atoms with E-state index in [1.54, 1.807) is 4.90 Å². The molecule has 0 spiro atoms. The molecule has 0 aliphatic carbocycles. The van der Waals surface area contributed by atoms with Gasteiger partial charge in [-0.3, -0.25) is 4.79 Å². The summed E-state index contributed by atoms with van der Waals surface area (Å²) in [7, 11) is 1.38. The molecule has 128 valence electrons. The lowest BCUT2D eigenvalue weighted by Crippen LogP contribution is -2.54. The molecule has 1 rings (SSSR count). The van der Waals surface area contributed by atoms with Crippen LogP contribution in [0.3, 0.4) is 0 Å². The lowest BCUT2D eigenvalue weighted by molar-refractivity contribution is -0.147. The molecule has 0 aromatic rings. The molecular weight excluding hydrogens is 284 g/mol. The number of hydrogen-bond donors (Lipinski definition) is 1. The number of esters is 1. The fourth-order valence-electron chi connectivity index (χ4n) is 2.46. The minimum Gasteiger partial charge on any atom is -0.469 e. The molecule has 0 aromatic heterocycles. The quantitative estimate of drug-likeness (QED) is 0.804. The molecule has 2 atom stereocenters. The molecule has 1 heterocycles. The number of ether oxygens (including phenoxy) is 2. The second-order valence-electron chi connectivity index (χ2n) is 7.34. The number of amides is 1. The number of carbonyl (C=O) groups excluding carboxylic acids is 2. The van der Waals surface area contributed by atoms with Crippen LogP contribution in [-0.2, 0) is 14.3 Å². The molecule has 6 heteroatoms. The summed E-state index contributed by atoms with van der Waals surface area (Å²) < 4.78 is 10.3. The van der Waals surface area contributed by atoms with E-state index in [9.17, 15) is 9.59 Å². The summed E-state index contributed by atoms with van der Waals surface area (Å²) in [4.78, 5) is 25.8. The second kappa shape index (κ2) is 7.81. The molecule has 1 saturated heterocycles. The minimum absolute atomic E-state index is 0.0766. The number of nitrogens with one attached hydrogen (secondary N) is 1. The Kier molecular flexibility index (Phi) is 6.66. The van der Waals surface area contributed by atoms with Crippen LogP contribution in [0.1, 0.15) is 41.0 Å². The lowest BCUT2D eigenvalue weighted by Gasteiger charge is -2.38. The topological polar surface area (TPSA) is 67.9 Å². The fraction of sp³-hybridized carbons (Fsp3) is 0.875. The van der Waals surface area contributed by atoms with Crippen molar-refractivity contribution in [2.24, 2.45) is 11.8 Å². The molecular formula is C16H30N2O4. The zero-order valence-corrected chi connectivity index (χ0v) is 14.6. The van der Waals surface area contributed by atoms with Crippen molar-refractivity contribution in [3.05, 3.63) is 0 Å². The second-order valence-corrected chi connectivity index (χ2v) is 7.34. The van der Waals surface area contributed by atoms with Crippen LogP contribution in [0, 0.1) is 11.8 Å². The summed E-state index contributed by atoms with van der Waals surface area (Å²) in [5, 5.41) is 3.42. The normalized spacial score (nSPS) is 22.6. The number of likely N-dealkylation sites (tertiary alicyclic amines) is 1. The first-order valence-electron chi connectivity index (χ1n) is 7.91. The van der Waals surface area contributed by atoms with Gasteiger partial charge in [-0.05, 0) is 39.7 Å². The van der Waals surface area contributed by atoms with Crippen molar-refractivity contribution in [1.29, 1.82) is 0 Å². The Morgan fingerprint density at radius 1 is 1.27 bits per heavy atom. The van der Waals surface area contributed by atoms with Crippen molar-refractivity contribution in [2.45, 2.75) is 52.7 Å². The average Bonchev–Trinajstić information content (AvgIpc) is 2.42. The average molecular weight is 314 g/mol. The first-order valence-corrected chi connectivity index (χ1v) is 7.91. The Morgan fingerprint density at radius 2 is 1.91 bits per heavy atom. The van der Waals surface area contributed by atoms with Crippen molar-refractivity contribution in [3.63, 3.8) is 0 Å².